The number of hydrogen-bond donors (Lipinski definition) is 1. The number of carbonyl (C=O) groups is 2. The Bertz CT molecular complexity index is 870. The van der Waals surface area contributed by atoms with Gasteiger partial charge in [0.05, 0.1) is 23.5 Å². The summed E-state index contributed by atoms with van der Waals surface area (Å²) in [4.78, 5) is 31.6. The van der Waals surface area contributed by atoms with E-state index in [1.54, 1.807) is 24.3 Å². The lowest BCUT2D eigenvalue weighted by Gasteiger charge is -2.16. The Morgan fingerprint density at radius 3 is 2.25 bits per heavy atom. The number of nitrogens with one attached hydrogen (secondary N) is 1. The van der Waals surface area contributed by atoms with E-state index < -0.39 is 0 Å². The van der Waals surface area contributed by atoms with Gasteiger partial charge in [-0.15, -0.1) is 0 Å². The number of anilines is 1. The molecular formula is C19H15N3O2. The predicted molar refractivity (Wildman–Crippen MR) is 91.8 cm³/mol. The average molecular weight is 317 g/mol. The third kappa shape index (κ3) is 2.22. The quantitative estimate of drug-likeness (QED) is 0.861. The predicted octanol–water partition coefficient (Wildman–Crippen LogP) is 1.91. The molecule has 2 aromatic carbocycles. The molecule has 24 heavy (non-hydrogen) atoms. The summed E-state index contributed by atoms with van der Waals surface area (Å²) in [7, 11) is 0. The first-order valence-electron chi connectivity index (χ1n) is 7.79. The van der Waals surface area contributed by atoms with Gasteiger partial charge in [-0.05, 0) is 12.1 Å². The van der Waals surface area contributed by atoms with Crippen LogP contribution >= 0.6 is 0 Å². The van der Waals surface area contributed by atoms with Crippen molar-refractivity contribution in [2.24, 2.45) is 4.99 Å². The number of hydrogen-bond acceptors (Lipinski definition) is 4. The first-order chi connectivity index (χ1) is 11.8. The van der Waals surface area contributed by atoms with E-state index >= 15 is 0 Å². The van der Waals surface area contributed by atoms with Crippen molar-refractivity contribution in [3.63, 3.8) is 0 Å². The Hall–Kier alpha value is -3.21. The third-order valence-electron chi connectivity index (χ3n) is 4.07. The highest BCUT2D eigenvalue weighted by Crippen LogP contribution is 2.29. The van der Waals surface area contributed by atoms with Gasteiger partial charge >= 0.3 is 0 Å². The lowest BCUT2D eigenvalue weighted by Crippen LogP contribution is -2.34. The van der Waals surface area contributed by atoms with Crippen molar-refractivity contribution in [1.29, 1.82) is 0 Å². The number of para-hydroxylation sites is 1. The Kier molecular flexibility index (Phi) is 3.46. The number of rotatable bonds is 2. The summed E-state index contributed by atoms with van der Waals surface area (Å²) in [6.45, 7) is 1.04. The maximum Gasteiger partial charge on any atom is 0.282 e. The van der Waals surface area contributed by atoms with Crippen molar-refractivity contribution < 1.29 is 9.59 Å². The van der Waals surface area contributed by atoms with E-state index in [2.05, 4.69) is 10.3 Å². The van der Waals surface area contributed by atoms with Crippen LogP contribution in [0, 0.1) is 0 Å². The molecule has 2 amide bonds. The fourth-order valence-corrected chi connectivity index (χ4v) is 2.98. The number of benzene rings is 2. The molecule has 118 valence electrons. The zero-order valence-electron chi connectivity index (χ0n) is 12.9. The summed E-state index contributed by atoms with van der Waals surface area (Å²) in [5.74, 6) is -0.662. The SMILES string of the molecule is O=C1C2=C(C(=O)N1c1ccccc1)C(c1ccccc1)=NCCN2. The van der Waals surface area contributed by atoms with Gasteiger partial charge in [0.25, 0.3) is 11.8 Å². The molecule has 0 fully saturated rings. The summed E-state index contributed by atoms with van der Waals surface area (Å²) >= 11 is 0. The summed E-state index contributed by atoms with van der Waals surface area (Å²) in [5, 5.41) is 3.08. The minimum absolute atomic E-state index is 0.327. The molecule has 0 saturated carbocycles. The van der Waals surface area contributed by atoms with Crippen LogP contribution in [0.5, 0.6) is 0 Å². The monoisotopic (exact) mass is 317 g/mol. The Labute approximate surface area is 139 Å². The van der Waals surface area contributed by atoms with Crippen LogP contribution in [0.4, 0.5) is 5.69 Å². The molecule has 2 aliphatic rings. The molecule has 0 spiro atoms. The van der Waals surface area contributed by atoms with E-state index in [4.69, 9.17) is 0 Å². The van der Waals surface area contributed by atoms with Crippen LogP contribution in [0.3, 0.4) is 0 Å². The maximum absolute atomic E-state index is 13.0. The van der Waals surface area contributed by atoms with Crippen LogP contribution in [-0.4, -0.2) is 30.6 Å². The van der Waals surface area contributed by atoms with Gasteiger partial charge in [-0.25, -0.2) is 4.90 Å². The van der Waals surface area contributed by atoms with E-state index in [0.29, 0.717) is 35.8 Å². The van der Waals surface area contributed by atoms with Crippen LogP contribution in [0.15, 0.2) is 76.9 Å². The standard InChI is InChI=1S/C19H15N3O2/c23-18-15-16(13-7-3-1-4-8-13)20-11-12-21-17(15)19(24)22(18)14-9-5-2-6-10-14/h1-10,21H,11-12H2. The molecule has 0 radical (unpaired) electrons. The number of imide groups is 1. The molecule has 1 N–H and O–H groups in total. The number of carbonyl (C=O) groups excluding carboxylic acids is 2. The zero-order chi connectivity index (χ0) is 16.5. The second kappa shape index (κ2) is 5.77. The second-order valence-corrected chi connectivity index (χ2v) is 5.55. The second-order valence-electron chi connectivity index (χ2n) is 5.55. The zero-order valence-corrected chi connectivity index (χ0v) is 12.9. The smallest absolute Gasteiger partial charge is 0.282 e. The van der Waals surface area contributed by atoms with Gasteiger partial charge < -0.3 is 5.32 Å². The van der Waals surface area contributed by atoms with E-state index in [9.17, 15) is 9.59 Å². The van der Waals surface area contributed by atoms with Gasteiger partial charge in [-0.2, -0.15) is 0 Å². The fourth-order valence-electron chi connectivity index (χ4n) is 2.98. The van der Waals surface area contributed by atoms with E-state index in [-0.39, 0.29) is 11.8 Å². The molecule has 0 saturated heterocycles. The Morgan fingerprint density at radius 1 is 0.875 bits per heavy atom. The normalized spacial score (nSPS) is 17.3. The summed E-state index contributed by atoms with van der Waals surface area (Å²) in [6.07, 6.45) is 0. The molecule has 5 nitrogen and oxygen atoms in total. The van der Waals surface area contributed by atoms with E-state index in [1.807, 2.05) is 36.4 Å². The van der Waals surface area contributed by atoms with Gasteiger partial charge in [-0.1, -0.05) is 48.5 Å². The van der Waals surface area contributed by atoms with Crippen molar-refractivity contribution in [2.75, 3.05) is 18.0 Å². The minimum Gasteiger partial charge on any atom is -0.378 e. The molecule has 2 heterocycles. The van der Waals surface area contributed by atoms with E-state index in [0.717, 1.165) is 5.56 Å². The average Bonchev–Trinajstić information content (AvgIpc) is 2.79. The fraction of sp³-hybridized carbons (Fsp3) is 0.105. The van der Waals surface area contributed by atoms with Gasteiger partial charge in [-0.3, -0.25) is 14.6 Å². The highest BCUT2D eigenvalue weighted by molar-refractivity contribution is 6.44. The van der Waals surface area contributed by atoms with Crippen molar-refractivity contribution >= 4 is 23.2 Å². The van der Waals surface area contributed by atoms with Gasteiger partial charge in [0, 0.05) is 12.1 Å². The van der Waals surface area contributed by atoms with E-state index in [1.165, 1.54) is 4.90 Å². The third-order valence-corrected chi connectivity index (χ3v) is 4.07. The van der Waals surface area contributed by atoms with Gasteiger partial charge in [0.1, 0.15) is 5.70 Å². The summed E-state index contributed by atoms with van der Waals surface area (Å²) < 4.78 is 0. The highest BCUT2D eigenvalue weighted by Gasteiger charge is 2.42. The van der Waals surface area contributed by atoms with Crippen LogP contribution in [0.25, 0.3) is 0 Å². The van der Waals surface area contributed by atoms with Crippen LogP contribution in [0.2, 0.25) is 0 Å². The number of aliphatic imine (C=N–C) groups is 1. The van der Waals surface area contributed by atoms with Crippen LogP contribution < -0.4 is 10.2 Å². The van der Waals surface area contributed by atoms with Gasteiger partial charge in [0.15, 0.2) is 0 Å². The van der Waals surface area contributed by atoms with Crippen molar-refractivity contribution in [2.45, 2.75) is 0 Å². The van der Waals surface area contributed by atoms with Crippen molar-refractivity contribution in [1.82, 2.24) is 5.32 Å². The topological polar surface area (TPSA) is 61.8 Å². The highest BCUT2D eigenvalue weighted by atomic mass is 16.2. The molecule has 2 aliphatic heterocycles. The van der Waals surface area contributed by atoms with Gasteiger partial charge in [0.2, 0.25) is 0 Å². The van der Waals surface area contributed by atoms with Crippen molar-refractivity contribution in [3.8, 4) is 0 Å². The van der Waals surface area contributed by atoms with Crippen LogP contribution in [-0.2, 0) is 9.59 Å². The molecule has 0 atom stereocenters. The molecule has 0 aromatic heterocycles. The molecular weight excluding hydrogens is 302 g/mol. The molecule has 4 rings (SSSR count). The minimum atomic E-state index is -0.335. The lowest BCUT2D eigenvalue weighted by molar-refractivity contribution is -0.120. The number of amides is 2. The largest absolute Gasteiger partial charge is 0.378 e. The van der Waals surface area contributed by atoms with Crippen molar-refractivity contribution in [3.05, 3.63) is 77.5 Å². The lowest BCUT2D eigenvalue weighted by atomic mass is 10.0. The molecule has 5 heteroatoms. The molecule has 0 unspecified atom stereocenters. The molecule has 0 aliphatic carbocycles. The Balaban J connectivity index is 1.82. The maximum atomic E-state index is 13.0. The first-order valence-corrected chi connectivity index (χ1v) is 7.79. The molecule has 2 aromatic rings. The Morgan fingerprint density at radius 2 is 1.54 bits per heavy atom. The molecule has 0 bridgehead atoms. The summed E-state index contributed by atoms with van der Waals surface area (Å²) in [6, 6.07) is 18.5. The number of nitrogens with zero attached hydrogens (tertiary/aromatic N) is 2. The summed E-state index contributed by atoms with van der Waals surface area (Å²) in [5.41, 5.74) is 2.67. The first kappa shape index (κ1) is 14.4. The van der Waals surface area contributed by atoms with Crippen LogP contribution in [0.1, 0.15) is 5.56 Å².